The van der Waals surface area contributed by atoms with Gasteiger partial charge >= 0.3 is 11.9 Å². The van der Waals surface area contributed by atoms with Gasteiger partial charge in [0, 0.05) is 0 Å². The number of hydrogen-bond donors (Lipinski definition) is 2. The summed E-state index contributed by atoms with van der Waals surface area (Å²) in [6.07, 6.45) is -0.183. The lowest BCUT2D eigenvalue weighted by Gasteiger charge is -2.20. The Bertz CT molecular complexity index is 558. The maximum absolute atomic E-state index is 12.8. The maximum atomic E-state index is 12.8. The molecular weight excluding hydrogens is 305 g/mol. The number of ether oxygens (including phenoxy) is 1. The zero-order valence-electron chi connectivity index (χ0n) is 13.0. The van der Waals surface area contributed by atoms with E-state index in [1.165, 1.54) is 24.3 Å². The number of benzene rings is 1. The lowest BCUT2D eigenvalue weighted by molar-refractivity contribution is -0.147. The Morgan fingerprint density at radius 1 is 1.26 bits per heavy atom. The van der Waals surface area contributed by atoms with Crippen LogP contribution in [0.5, 0.6) is 0 Å². The van der Waals surface area contributed by atoms with Crippen molar-refractivity contribution in [1.82, 2.24) is 5.32 Å². The molecule has 0 aliphatic heterocycles. The second kappa shape index (κ2) is 8.87. The van der Waals surface area contributed by atoms with E-state index < -0.39 is 35.6 Å². The van der Waals surface area contributed by atoms with Crippen molar-refractivity contribution in [3.63, 3.8) is 0 Å². The molecule has 2 atom stereocenters. The summed E-state index contributed by atoms with van der Waals surface area (Å²) in [5.41, 5.74) is 0.561. The van der Waals surface area contributed by atoms with Gasteiger partial charge in [-0.05, 0) is 30.5 Å². The molecule has 0 aromatic heterocycles. The van der Waals surface area contributed by atoms with Gasteiger partial charge in [0.15, 0.2) is 0 Å². The fraction of sp³-hybridized carbons (Fsp3) is 0.438. The molecule has 7 heteroatoms. The molecule has 1 aromatic carbocycles. The van der Waals surface area contributed by atoms with Crippen LogP contribution in [0.3, 0.4) is 0 Å². The highest BCUT2D eigenvalue weighted by Gasteiger charge is 2.28. The largest absolute Gasteiger partial charge is 0.480 e. The summed E-state index contributed by atoms with van der Waals surface area (Å²) in [6, 6.07) is 4.15. The highest BCUT2D eigenvalue weighted by Crippen LogP contribution is 2.11. The third kappa shape index (κ3) is 6.46. The average molecular weight is 325 g/mol. The number of amides is 1. The van der Waals surface area contributed by atoms with Crippen molar-refractivity contribution in [3.05, 3.63) is 35.6 Å². The summed E-state index contributed by atoms with van der Waals surface area (Å²) >= 11 is 0. The Kier molecular flexibility index (Phi) is 7.18. The number of hydrogen-bond acceptors (Lipinski definition) is 4. The molecule has 0 unspecified atom stereocenters. The number of carboxylic acid groups (broad SMARTS) is 1. The van der Waals surface area contributed by atoms with Crippen molar-refractivity contribution in [3.8, 4) is 0 Å². The molecular formula is C16H20FNO5. The van der Waals surface area contributed by atoms with Crippen LogP contribution in [0.2, 0.25) is 0 Å². The average Bonchev–Trinajstić information content (AvgIpc) is 2.47. The van der Waals surface area contributed by atoms with E-state index in [0.717, 1.165) is 0 Å². The van der Waals surface area contributed by atoms with Gasteiger partial charge in [0.1, 0.15) is 11.9 Å². The fourth-order valence-electron chi connectivity index (χ4n) is 2.06. The third-order valence-electron chi connectivity index (χ3n) is 3.22. The normalized spacial score (nSPS) is 13.0. The number of esters is 1. The second-order valence-electron chi connectivity index (χ2n) is 5.17. The molecule has 0 aliphatic carbocycles. The molecule has 1 rings (SSSR count). The smallest absolute Gasteiger partial charge is 0.326 e. The number of halogens is 1. The van der Waals surface area contributed by atoms with Crippen LogP contribution in [0.4, 0.5) is 4.39 Å². The van der Waals surface area contributed by atoms with Gasteiger partial charge in [-0.3, -0.25) is 9.59 Å². The minimum Gasteiger partial charge on any atom is -0.480 e. The highest BCUT2D eigenvalue weighted by atomic mass is 19.1. The molecule has 0 saturated carbocycles. The predicted molar refractivity (Wildman–Crippen MR) is 80.1 cm³/mol. The van der Waals surface area contributed by atoms with E-state index >= 15 is 0 Å². The Labute approximate surface area is 133 Å². The van der Waals surface area contributed by atoms with E-state index in [2.05, 4.69) is 5.32 Å². The van der Waals surface area contributed by atoms with Crippen molar-refractivity contribution >= 4 is 17.8 Å². The standard InChI is InChI=1S/C16H20FNO5/c1-3-23-14(20)8-10(2)15(16(21)22)18-13(19)9-11-4-6-12(17)7-5-11/h4-7,10,15H,3,8-9H2,1-2H3,(H,18,19)(H,21,22)/t10-,15+/m1/s1. The Balaban J connectivity index is 2.64. The molecule has 0 spiro atoms. The lowest BCUT2D eigenvalue weighted by atomic mass is 9.98. The number of aliphatic carboxylic acids is 1. The van der Waals surface area contributed by atoms with Crippen LogP contribution < -0.4 is 5.32 Å². The Hall–Kier alpha value is -2.44. The van der Waals surface area contributed by atoms with E-state index in [1.807, 2.05) is 0 Å². The monoisotopic (exact) mass is 325 g/mol. The summed E-state index contributed by atoms with van der Waals surface area (Å²) in [4.78, 5) is 34.7. The first-order chi connectivity index (χ1) is 10.8. The molecule has 0 radical (unpaired) electrons. The summed E-state index contributed by atoms with van der Waals surface area (Å²) in [5.74, 6) is -3.29. The van der Waals surface area contributed by atoms with Gasteiger partial charge in [-0.1, -0.05) is 19.1 Å². The number of nitrogens with one attached hydrogen (secondary N) is 1. The molecule has 0 fully saturated rings. The highest BCUT2D eigenvalue weighted by molar-refractivity contribution is 5.85. The summed E-state index contributed by atoms with van der Waals surface area (Å²) in [5, 5.41) is 11.6. The molecule has 126 valence electrons. The van der Waals surface area contributed by atoms with Crippen LogP contribution in [-0.4, -0.2) is 35.6 Å². The molecule has 0 heterocycles. The van der Waals surface area contributed by atoms with E-state index in [4.69, 9.17) is 4.74 Å². The zero-order valence-corrected chi connectivity index (χ0v) is 13.0. The van der Waals surface area contributed by atoms with Crippen LogP contribution in [-0.2, 0) is 25.5 Å². The minimum atomic E-state index is -1.23. The van der Waals surface area contributed by atoms with Gasteiger partial charge in [-0.2, -0.15) is 0 Å². The quantitative estimate of drug-likeness (QED) is 0.707. The predicted octanol–water partition coefficient (Wildman–Crippen LogP) is 1.53. The first kappa shape index (κ1) is 18.6. The Morgan fingerprint density at radius 3 is 2.39 bits per heavy atom. The van der Waals surface area contributed by atoms with E-state index in [1.54, 1.807) is 13.8 Å². The van der Waals surface area contributed by atoms with Crippen LogP contribution in [0, 0.1) is 11.7 Å². The van der Waals surface area contributed by atoms with Crippen molar-refractivity contribution in [2.45, 2.75) is 32.7 Å². The van der Waals surface area contributed by atoms with Crippen molar-refractivity contribution in [1.29, 1.82) is 0 Å². The molecule has 0 bridgehead atoms. The summed E-state index contributed by atoms with van der Waals surface area (Å²) < 4.78 is 17.6. The molecule has 1 amide bonds. The van der Waals surface area contributed by atoms with Crippen molar-refractivity contribution in [2.24, 2.45) is 5.92 Å². The fourth-order valence-corrected chi connectivity index (χ4v) is 2.06. The summed E-state index contributed by atoms with van der Waals surface area (Å²) in [6.45, 7) is 3.41. The first-order valence-corrected chi connectivity index (χ1v) is 7.25. The van der Waals surface area contributed by atoms with Crippen LogP contribution in [0.1, 0.15) is 25.8 Å². The molecule has 0 aliphatic rings. The maximum Gasteiger partial charge on any atom is 0.326 e. The Morgan fingerprint density at radius 2 is 1.87 bits per heavy atom. The van der Waals surface area contributed by atoms with E-state index in [9.17, 15) is 23.9 Å². The number of carboxylic acids is 1. The van der Waals surface area contributed by atoms with Gasteiger partial charge in [0.25, 0.3) is 0 Å². The molecule has 0 saturated heterocycles. The molecule has 2 N–H and O–H groups in total. The minimum absolute atomic E-state index is 0.0732. The first-order valence-electron chi connectivity index (χ1n) is 7.25. The SMILES string of the molecule is CCOC(=O)C[C@@H](C)[C@H](NC(=O)Cc1ccc(F)cc1)C(=O)O. The summed E-state index contributed by atoms with van der Waals surface area (Å²) in [7, 11) is 0. The number of carbonyl (C=O) groups excluding carboxylic acids is 2. The molecule has 1 aromatic rings. The number of rotatable bonds is 8. The van der Waals surface area contributed by atoms with E-state index in [-0.39, 0.29) is 19.4 Å². The van der Waals surface area contributed by atoms with Crippen LogP contribution >= 0.6 is 0 Å². The van der Waals surface area contributed by atoms with Gasteiger partial charge in [0.2, 0.25) is 5.91 Å². The third-order valence-corrected chi connectivity index (χ3v) is 3.22. The van der Waals surface area contributed by atoms with Gasteiger partial charge < -0.3 is 15.2 Å². The molecule has 6 nitrogen and oxygen atoms in total. The lowest BCUT2D eigenvalue weighted by Crippen LogP contribution is -2.46. The number of carbonyl (C=O) groups is 3. The zero-order chi connectivity index (χ0) is 17.4. The van der Waals surface area contributed by atoms with Crippen molar-refractivity contribution < 1.29 is 28.6 Å². The topological polar surface area (TPSA) is 92.7 Å². The van der Waals surface area contributed by atoms with Crippen molar-refractivity contribution in [2.75, 3.05) is 6.61 Å². The van der Waals surface area contributed by atoms with E-state index in [0.29, 0.717) is 5.56 Å². The van der Waals surface area contributed by atoms with Crippen LogP contribution in [0.15, 0.2) is 24.3 Å². The van der Waals surface area contributed by atoms with Gasteiger partial charge in [-0.25, -0.2) is 9.18 Å². The van der Waals surface area contributed by atoms with Gasteiger partial charge in [0.05, 0.1) is 19.4 Å². The van der Waals surface area contributed by atoms with Gasteiger partial charge in [-0.15, -0.1) is 0 Å². The second-order valence-corrected chi connectivity index (χ2v) is 5.17. The molecule has 23 heavy (non-hydrogen) atoms. The van der Waals surface area contributed by atoms with Crippen LogP contribution in [0.25, 0.3) is 0 Å².